The number of halogens is 1. The zero-order valence-electron chi connectivity index (χ0n) is 17.3. The molecule has 2 heterocycles. The predicted octanol–water partition coefficient (Wildman–Crippen LogP) is 4.35. The third kappa shape index (κ3) is 4.63. The first-order valence-corrected chi connectivity index (χ1v) is 11.3. The Morgan fingerprint density at radius 1 is 1.28 bits per heavy atom. The zero-order chi connectivity index (χ0) is 22.7. The average molecular weight is 511 g/mol. The van der Waals surface area contributed by atoms with Crippen LogP contribution in [0.15, 0.2) is 68.5 Å². The molecular weight excluding hydrogens is 492 g/mol. The highest BCUT2D eigenvalue weighted by molar-refractivity contribution is 9.10. The van der Waals surface area contributed by atoms with Gasteiger partial charge in [0.05, 0.1) is 29.5 Å². The number of hydrazone groups is 1. The third-order valence-corrected chi connectivity index (χ3v) is 6.32. The quantitative estimate of drug-likeness (QED) is 0.308. The third-order valence-electron chi connectivity index (χ3n) is 4.82. The van der Waals surface area contributed by atoms with Crippen LogP contribution in [-0.2, 0) is 11.3 Å². The maximum atomic E-state index is 13.1. The van der Waals surface area contributed by atoms with Crippen LogP contribution in [0.5, 0.6) is 5.75 Å². The number of aromatic nitrogens is 2. The van der Waals surface area contributed by atoms with Gasteiger partial charge in [0, 0.05) is 10.9 Å². The molecule has 0 aliphatic heterocycles. The van der Waals surface area contributed by atoms with E-state index in [1.54, 1.807) is 13.2 Å². The van der Waals surface area contributed by atoms with Crippen molar-refractivity contribution < 1.29 is 9.53 Å². The van der Waals surface area contributed by atoms with Crippen molar-refractivity contribution in [3.05, 3.63) is 80.1 Å². The molecule has 0 saturated carbocycles. The van der Waals surface area contributed by atoms with E-state index in [9.17, 15) is 9.59 Å². The van der Waals surface area contributed by atoms with E-state index in [0.29, 0.717) is 16.0 Å². The Balaban J connectivity index is 1.51. The number of carbonyl (C=O) groups is 1. The van der Waals surface area contributed by atoms with Crippen molar-refractivity contribution in [3.63, 3.8) is 0 Å². The van der Waals surface area contributed by atoms with Gasteiger partial charge in [0.2, 0.25) is 0 Å². The molecule has 7 nitrogen and oxygen atoms in total. The number of benzene rings is 2. The lowest BCUT2D eigenvalue weighted by Crippen LogP contribution is -2.30. The number of fused-ring (bicyclic) bond motifs is 1. The molecule has 0 unspecified atom stereocenters. The summed E-state index contributed by atoms with van der Waals surface area (Å²) < 4.78 is 7.26. The van der Waals surface area contributed by atoms with Crippen LogP contribution in [0, 0.1) is 6.92 Å². The molecule has 4 rings (SSSR count). The number of thiophene rings is 1. The monoisotopic (exact) mass is 510 g/mol. The largest absolute Gasteiger partial charge is 0.496 e. The lowest BCUT2D eigenvalue weighted by atomic mass is 10.1. The van der Waals surface area contributed by atoms with Crippen molar-refractivity contribution in [2.24, 2.45) is 5.10 Å². The standard InChI is InChI=1S/C23H19BrN4O3S/c1-14-3-6-16(7-4-14)17-12-32-22-21(17)23(30)28(13-25-22)11-20(29)27-26-10-15-5-8-19(31-2)18(24)9-15/h3-10,12-13H,11H2,1-2H3,(H,27,29)/b26-10-. The normalized spacial score (nSPS) is 11.2. The Morgan fingerprint density at radius 2 is 2.06 bits per heavy atom. The number of carbonyl (C=O) groups excluding carboxylic acids is 1. The minimum absolute atomic E-state index is 0.186. The Hall–Kier alpha value is -3.30. The van der Waals surface area contributed by atoms with Gasteiger partial charge in [0.25, 0.3) is 11.5 Å². The van der Waals surface area contributed by atoms with Crippen molar-refractivity contribution in [2.75, 3.05) is 7.11 Å². The molecule has 0 bridgehead atoms. The summed E-state index contributed by atoms with van der Waals surface area (Å²) in [6, 6.07) is 13.4. The van der Waals surface area contributed by atoms with Gasteiger partial charge < -0.3 is 4.74 Å². The molecule has 1 N–H and O–H groups in total. The highest BCUT2D eigenvalue weighted by atomic mass is 79.9. The molecule has 0 saturated heterocycles. The molecule has 32 heavy (non-hydrogen) atoms. The van der Waals surface area contributed by atoms with Crippen LogP contribution in [0.4, 0.5) is 0 Å². The van der Waals surface area contributed by atoms with E-state index in [2.05, 4.69) is 31.4 Å². The molecule has 1 amide bonds. The number of rotatable bonds is 6. The Morgan fingerprint density at radius 3 is 2.78 bits per heavy atom. The van der Waals surface area contributed by atoms with Crippen LogP contribution in [0.1, 0.15) is 11.1 Å². The molecule has 0 aliphatic rings. The van der Waals surface area contributed by atoms with Crippen molar-refractivity contribution in [3.8, 4) is 16.9 Å². The van der Waals surface area contributed by atoms with E-state index < -0.39 is 5.91 Å². The summed E-state index contributed by atoms with van der Waals surface area (Å²) in [5, 5.41) is 6.41. The van der Waals surface area contributed by atoms with Crippen LogP contribution in [0.3, 0.4) is 0 Å². The summed E-state index contributed by atoms with van der Waals surface area (Å²) in [6.45, 7) is 1.83. The summed E-state index contributed by atoms with van der Waals surface area (Å²) in [4.78, 5) is 30.4. The molecule has 162 valence electrons. The highest BCUT2D eigenvalue weighted by Crippen LogP contribution is 2.30. The summed E-state index contributed by atoms with van der Waals surface area (Å²) in [5.41, 5.74) is 5.87. The highest BCUT2D eigenvalue weighted by Gasteiger charge is 2.14. The van der Waals surface area contributed by atoms with E-state index in [-0.39, 0.29) is 12.1 Å². The van der Waals surface area contributed by atoms with Gasteiger partial charge in [-0.05, 0) is 52.2 Å². The van der Waals surface area contributed by atoms with Gasteiger partial charge in [0.1, 0.15) is 17.1 Å². The fourth-order valence-corrected chi connectivity index (χ4v) is 4.62. The Bertz CT molecular complexity index is 1380. The molecule has 0 spiro atoms. The molecule has 4 aromatic rings. The number of methoxy groups -OCH3 is 1. The summed E-state index contributed by atoms with van der Waals surface area (Å²) in [7, 11) is 1.59. The lowest BCUT2D eigenvalue weighted by Gasteiger charge is -2.06. The topological polar surface area (TPSA) is 85.6 Å². The van der Waals surface area contributed by atoms with E-state index >= 15 is 0 Å². The number of nitrogens with one attached hydrogen (secondary N) is 1. The maximum Gasteiger partial charge on any atom is 0.263 e. The van der Waals surface area contributed by atoms with Crippen molar-refractivity contribution in [1.29, 1.82) is 0 Å². The van der Waals surface area contributed by atoms with Crippen molar-refractivity contribution in [1.82, 2.24) is 15.0 Å². The molecule has 0 aliphatic carbocycles. The molecule has 0 radical (unpaired) electrons. The average Bonchev–Trinajstić information content (AvgIpc) is 3.21. The fraction of sp³-hybridized carbons (Fsp3) is 0.130. The van der Waals surface area contributed by atoms with Gasteiger partial charge in [0.15, 0.2) is 0 Å². The van der Waals surface area contributed by atoms with Gasteiger partial charge >= 0.3 is 0 Å². The second-order valence-electron chi connectivity index (χ2n) is 7.06. The lowest BCUT2D eigenvalue weighted by molar-refractivity contribution is -0.121. The first kappa shape index (κ1) is 21.9. The van der Waals surface area contributed by atoms with Gasteiger partial charge in [-0.25, -0.2) is 10.4 Å². The van der Waals surface area contributed by atoms with E-state index in [4.69, 9.17) is 4.74 Å². The van der Waals surface area contributed by atoms with Gasteiger partial charge in [-0.15, -0.1) is 11.3 Å². The van der Waals surface area contributed by atoms with Crippen LogP contribution in [-0.4, -0.2) is 28.8 Å². The minimum Gasteiger partial charge on any atom is -0.496 e. The molecule has 2 aromatic heterocycles. The Labute approximate surface area is 196 Å². The number of ether oxygens (including phenoxy) is 1. The summed E-state index contributed by atoms with van der Waals surface area (Å²) >= 11 is 4.81. The number of hydrogen-bond acceptors (Lipinski definition) is 6. The van der Waals surface area contributed by atoms with Crippen molar-refractivity contribution in [2.45, 2.75) is 13.5 Å². The van der Waals surface area contributed by atoms with Gasteiger partial charge in [-0.3, -0.25) is 14.2 Å². The number of hydrogen-bond donors (Lipinski definition) is 1. The fourth-order valence-electron chi connectivity index (χ4n) is 3.16. The SMILES string of the molecule is COc1ccc(/C=N\NC(=O)Cn2cnc3scc(-c4ccc(C)cc4)c3c2=O)cc1Br. The van der Waals surface area contributed by atoms with E-state index in [1.807, 2.05) is 48.7 Å². The van der Waals surface area contributed by atoms with E-state index in [1.165, 1.54) is 28.4 Å². The maximum absolute atomic E-state index is 13.1. The smallest absolute Gasteiger partial charge is 0.263 e. The first-order chi connectivity index (χ1) is 15.5. The summed E-state index contributed by atoms with van der Waals surface area (Å²) in [6.07, 6.45) is 2.91. The number of nitrogens with zero attached hydrogens (tertiary/aromatic N) is 3. The first-order valence-electron chi connectivity index (χ1n) is 9.65. The van der Waals surface area contributed by atoms with Crippen LogP contribution in [0.25, 0.3) is 21.3 Å². The molecular formula is C23H19BrN4O3S. The van der Waals surface area contributed by atoms with Gasteiger partial charge in [-0.2, -0.15) is 5.10 Å². The predicted molar refractivity (Wildman–Crippen MR) is 130 cm³/mol. The van der Waals surface area contributed by atoms with Crippen molar-refractivity contribution >= 4 is 49.6 Å². The Kier molecular flexibility index (Phi) is 6.48. The molecule has 2 aromatic carbocycles. The minimum atomic E-state index is -0.427. The van der Waals surface area contributed by atoms with Gasteiger partial charge in [-0.1, -0.05) is 29.8 Å². The van der Waals surface area contributed by atoms with Crippen LogP contribution >= 0.6 is 27.3 Å². The molecule has 0 fully saturated rings. The number of aryl methyl sites for hydroxylation is 1. The second kappa shape index (κ2) is 9.46. The zero-order valence-corrected chi connectivity index (χ0v) is 19.7. The van der Waals surface area contributed by atoms with Crippen LogP contribution < -0.4 is 15.7 Å². The summed E-state index contributed by atoms with van der Waals surface area (Å²) in [5.74, 6) is 0.274. The molecule has 9 heteroatoms. The van der Waals surface area contributed by atoms with Crippen LogP contribution in [0.2, 0.25) is 0 Å². The van der Waals surface area contributed by atoms with E-state index in [0.717, 1.165) is 26.7 Å². The second-order valence-corrected chi connectivity index (χ2v) is 8.77. The molecule has 0 atom stereocenters. The number of amides is 1.